The predicted octanol–water partition coefficient (Wildman–Crippen LogP) is 2.88. The molecule has 14 heavy (non-hydrogen) atoms. The highest BCUT2D eigenvalue weighted by molar-refractivity contribution is 7.25. The number of thiophene rings is 1. The molecule has 0 spiro atoms. The van der Waals surface area contributed by atoms with Gasteiger partial charge in [0.15, 0.2) is 12.4 Å². The van der Waals surface area contributed by atoms with Crippen LogP contribution < -0.4 is 4.57 Å². The number of pyridine rings is 1. The Morgan fingerprint density at radius 2 is 1.79 bits per heavy atom. The molecule has 3 rings (SSSR count). The van der Waals surface area contributed by atoms with Crippen molar-refractivity contribution in [3.05, 3.63) is 42.7 Å². The summed E-state index contributed by atoms with van der Waals surface area (Å²) >= 11 is 1.86. The molecule has 0 bridgehead atoms. The molecule has 0 aliphatic rings. The van der Waals surface area contributed by atoms with Crippen LogP contribution >= 0.6 is 11.3 Å². The lowest BCUT2D eigenvalue weighted by molar-refractivity contribution is -0.670. The third-order valence-corrected chi connectivity index (χ3v) is 3.61. The predicted molar refractivity (Wildman–Crippen MR) is 60.5 cm³/mol. The summed E-state index contributed by atoms with van der Waals surface area (Å²) < 4.78 is 4.83. The second-order valence-corrected chi connectivity index (χ2v) is 4.57. The van der Waals surface area contributed by atoms with Crippen molar-refractivity contribution in [2.24, 2.45) is 7.05 Å². The molecule has 68 valence electrons. The number of hydrogen-bond acceptors (Lipinski definition) is 1. The van der Waals surface area contributed by atoms with Crippen LogP contribution in [0.4, 0.5) is 0 Å². The first-order valence-electron chi connectivity index (χ1n) is 4.61. The summed E-state index contributed by atoms with van der Waals surface area (Å²) in [7, 11) is 2.06. The molecule has 2 aromatic heterocycles. The quantitative estimate of drug-likeness (QED) is 0.491. The molecule has 0 saturated heterocycles. The van der Waals surface area contributed by atoms with Crippen molar-refractivity contribution in [3.8, 4) is 0 Å². The number of nitrogens with zero attached hydrogens (tertiary/aromatic N) is 1. The van der Waals surface area contributed by atoms with Crippen LogP contribution in [0.2, 0.25) is 0 Å². The standard InChI is InChI=1S/C12H10NS/c1-13-7-6-12-10(8-13)9-4-2-3-5-11(9)14-12/h2-8H,1H3/q+1. The molecular weight excluding hydrogens is 190 g/mol. The van der Waals surface area contributed by atoms with Crippen molar-refractivity contribution in [1.29, 1.82) is 0 Å². The molecule has 0 N–H and O–H groups in total. The number of rotatable bonds is 0. The van der Waals surface area contributed by atoms with Gasteiger partial charge in [0.05, 0.1) is 5.39 Å². The Kier molecular flexibility index (Phi) is 1.58. The fraction of sp³-hybridized carbons (Fsp3) is 0.0833. The van der Waals surface area contributed by atoms with Gasteiger partial charge in [-0.05, 0) is 6.07 Å². The van der Waals surface area contributed by atoms with Gasteiger partial charge in [-0.15, -0.1) is 11.3 Å². The van der Waals surface area contributed by atoms with Gasteiger partial charge >= 0.3 is 0 Å². The lowest BCUT2D eigenvalue weighted by Crippen LogP contribution is -2.25. The normalized spacial score (nSPS) is 11.2. The Labute approximate surface area is 86.2 Å². The Bertz CT molecular complexity index is 610. The van der Waals surface area contributed by atoms with Gasteiger partial charge in [-0.25, -0.2) is 4.57 Å². The molecule has 1 aromatic carbocycles. The maximum atomic E-state index is 2.19. The molecular formula is C12H10NS+. The second-order valence-electron chi connectivity index (χ2n) is 3.49. The summed E-state index contributed by atoms with van der Waals surface area (Å²) in [5, 5.41) is 2.72. The maximum Gasteiger partial charge on any atom is 0.177 e. The van der Waals surface area contributed by atoms with E-state index in [0.29, 0.717) is 0 Å². The van der Waals surface area contributed by atoms with Crippen LogP contribution in [0.1, 0.15) is 0 Å². The highest BCUT2D eigenvalue weighted by Crippen LogP contribution is 2.31. The third kappa shape index (κ3) is 1.04. The molecule has 0 amide bonds. The Balaban J connectivity index is 2.58. The maximum absolute atomic E-state index is 2.19. The van der Waals surface area contributed by atoms with Gasteiger partial charge in [-0.2, -0.15) is 0 Å². The largest absolute Gasteiger partial charge is 0.207 e. The van der Waals surface area contributed by atoms with E-state index >= 15 is 0 Å². The minimum atomic E-state index is 1.36. The van der Waals surface area contributed by atoms with Gasteiger partial charge in [0.25, 0.3) is 0 Å². The number of fused-ring (bicyclic) bond motifs is 3. The van der Waals surface area contributed by atoms with Crippen LogP contribution in [0.25, 0.3) is 20.2 Å². The smallest absolute Gasteiger partial charge is 0.177 e. The third-order valence-electron chi connectivity index (χ3n) is 2.46. The van der Waals surface area contributed by atoms with Gasteiger partial charge in [-0.1, -0.05) is 18.2 Å². The summed E-state index contributed by atoms with van der Waals surface area (Å²) in [6.07, 6.45) is 4.28. The second kappa shape index (κ2) is 2.79. The zero-order chi connectivity index (χ0) is 9.54. The topological polar surface area (TPSA) is 3.88 Å². The highest BCUT2D eigenvalue weighted by atomic mass is 32.1. The molecule has 2 heteroatoms. The molecule has 1 nitrogen and oxygen atoms in total. The lowest BCUT2D eigenvalue weighted by Gasteiger charge is -1.88. The van der Waals surface area contributed by atoms with E-state index in [9.17, 15) is 0 Å². The first-order chi connectivity index (χ1) is 6.84. The Hall–Kier alpha value is -1.41. The number of aryl methyl sites for hydroxylation is 1. The molecule has 0 radical (unpaired) electrons. The molecule has 0 saturated carbocycles. The fourth-order valence-electron chi connectivity index (χ4n) is 1.77. The number of hydrogen-bond donors (Lipinski definition) is 0. The first-order valence-corrected chi connectivity index (χ1v) is 5.43. The summed E-state index contributed by atoms with van der Waals surface area (Å²) in [6, 6.07) is 10.7. The summed E-state index contributed by atoms with van der Waals surface area (Å²) in [5.41, 5.74) is 0. The van der Waals surface area contributed by atoms with Gasteiger partial charge in [-0.3, -0.25) is 0 Å². The fourth-order valence-corrected chi connectivity index (χ4v) is 2.85. The summed E-state index contributed by atoms with van der Waals surface area (Å²) in [5.74, 6) is 0. The molecule has 0 fully saturated rings. The molecule has 0 aliphatic carbocycles. The first kappa shape index (κ1) is 7.94. The van der Waals surface area contributed by atoms with Crippen molar-refractivity contribution >= 4 is 31.5 Å². The molecule has 0 unspecified atom stereocenters. The zero-order valence-corrected chi connectivity index (χ0v) is 8.71. The van der Waals surface area contributed by atoms with Crippen molar-refractivity contribution in [3.63, 3.8) is 0 Å². The van der Waals surface area contributed by atoms with Crippen molar-refractivity contribution < 1.29 is 4.57 Å². The average Bonchev–Trinajstić information content (AvgIpc) is 2.56. The van der Waals surface area contributed by atoms with Gasteiger partial charge in [0, 0.05) is 20.9 Å². The van der Waals surface area contributed by atoms with Crippen molar-refractivity contribution in [2.45, 2.75) is 0 Å². The van der Waals surface area contributed by atoms with Gasteiger partial charge < -0.3 is 0 Å². The van der Waals surface area contributed by atoms with Gasteiger partial charge in [0.2, 0.25) is 0 Å². The zero-order valence-electron chi connectivity index (χ0n) is 7.90. The van der Waals surface area contributed by atoms with E-state index in [1.807, 2.05) is 11.3 Å². The van der Waals surface area contributed by atoms with Crippen LogP contribution in [-0.4, -0.2) is 0 Å². The minimum Gasteiger partial charge on any atom is -0.207 e. The van der Waals surface area contributed by atoms with Crippen LogP contribution in [0.3, 0.4) is 0 Å². The SMILES string of the molecule is C[n+]1ccc2sc3ccccc3c2c1. The van der Waals surface area contributed by atoms with E-state index in [0.717, 1.165) is 0 Å². The molecule has 0 atom stereocenters. The molecule has 2 heterocycles. The van der Waals surface area contributed by atoms with Gasteiger partial charge in [0.1, 0.15) is 7.05 Å². The van der Waals surface area contributed by atoms with Crippen LogP contribution in [0.5, 0.6) is 0 Å². The van der Waals surface area contributed by atoms with E-state index < -0.39 is 0 Å². The van der Waals surface area contributed by atoms with E-state index in [2.05, 4.69) is 54.3 Å². The van der Waals surface area contributed by atoms with E-state index in [1.165, 1.54) is 20.2 Å². The van der Waals surface area contributed by atoms with Crippen LogP contribution in [0.15, 0.2) is 42.7 Å². The average molecular weight is 200 g/mol. The van der Waals surface area contributed by atoms with E-state index in [-0.39, 0.29) is 0 Å². The van der Waals surface area contributed by atoms with Crippen molar-refractivity contribution in [2.75, 3.05) is 0 Å². The molecule has 0 aliphatic heterocycles. The lowest BCUT2D eigenvalue weighted by atomic mass is 10.2. The highest BCUT2D eigenvalue weighted by Gasteiger charge is 2.06. The van der Waals surface area contributed by atoms with Crippen molar-refractivity contribution in [1.82, 2.24) is 0 Å². The minimum absolute atomic E-state index is 1.36. The molecule has 3 aromatic rings. The number of benzene rings is 1. The van der Waals surface area contributed by atoms with Crippen LogP contribution in [0, 0.1) is 0 Å². The Morgan fingerprint density at radius 1 is 1.00 bits per heavy atom. The summed E-state index contributed by atoms with van der Waals surface area (Å²) in [6.45, 7) is 0. The Morgan fingerprint density at radius 3 is 2.71 bits per heavy atom. The number of aromatic nitrogens is 1. The summed E-state index contributed by atoms with van der Waals surface area (Å²) in [4.78, 5) is 0. The van der Waals surface area contributed by atoms with Crippen LogP contribution in [-0.2, 0) is 7.05 Å². The van der Waals surface area contributed by atoms with E-state index in [1.54, 1.807) is 0 Å². The monoisotopic (exact) mass is 200 g/mol. The van der Waals surface area contributed by atoms with E-state index in [4.69, 9.17) is 0 Å².